The second-order valence-corrected chi connectivity index (χ2v) is 5.94. The average molecular weight is 302 g/mol. The van der Waals surface area contributed by atoms with Gasteiger partial charge in [0.2, 0.25) is 0 Å². The SMILES string of the molecule is NC[C@@H]1CN(Cc2cc(F)ccc2F)C[C@H]1c1ccccc1. The first-order chi connectivity index (χ1) is 10.7. The molecular formula is C18H20F2N2. The maximum Gasteiger partial charge on any atom is 0.127 e. The molecule has 0 aliphatic carbocycles. The molecule has 116 valence electrons. The average Bonchev–Trinajstić information content (AvgIpc) is 2.95. The van der Waals surface area contributed by atoms with Gasteiger partial charge in [-0.1, -0.05) is 30.3 Å². The van der Waals surface area contributed by atoms with Crippen molar-refractivity contribution in [3.05, 3.63) is 71.3 Å². The Hall–Kier alpha value is -1.78. The molecular weight excluding hydrogens is 282 g/mol. The third-order valence-corrected chi connectivity index (χ3v) is 4.45. The van der Waals surface area contributed by atoms with Gasteiger partial charge in [0.25, 0.3) is 0 Å². The summed E-state index contributed by atoms with van der Waals surface area (Å²) in [5, 5.41) is 0. The van der Waals surface area contributed by atoms with Crippen LogP contribution < -0.4 is 5.73 Å². The zero-order valence-electron chi connectivity index (χ0n) is 12.4. The minimum Gasteiger partial charge on any atom is -0.330 e. The Morgan fingerprint density at radius 3 is 2.55 bits per heavy atom. The second kappa shape index (κ2) is 6.55. The Morgan fingerprint density at radius 2 is 1.82 bits per heavy atom. The van der Waals surface area contributed by atoms with Crippen LogP contribution in [-0.2, 0) is 6.54 Å². The van der Waals surface area contributed by atoms with Crippen LogP contribution in [0, 0.1) is 17.6 Å². The van der Waals surface area contributed by atoms with E-state index in [0.717, 1.165) is 19.2 Å². The Morgan fingerprint density at radius 1 is 1.05 bits per heavy atom. The van der Waals surface area contributed by atoms with E-state index < -0.39 is 5.82 Å². The van der Waals surface area contributed by atoms with Gasteiger partial charge in [0.1, 0.15) is 11.6 Å². The van der Waals surface area contributed by atoms with Gasteiger partial charge < -0.3 is 5.73 Å². The highest BCUT2D eigenvalue weighted by Crippen LogP contribution is 2.33. The molecule has 22 heavy (non-hydrogen) atoms. The van der Waals surface area contributed by atoms with Crippen molar-refractivity contribution >= 4 is 0 Å². The van der Waals surface area contributed by atoms with Crippen LogP contribution >= 0.6 is 0 Å². The predicted molar refractivity (Wildman–Crippen MR) is 83.4 cm³/mol. The molecule has 0 amide bonds. The van der Waals surface area contributed by atoms with Crippen molar-refractivity contribution < 1.29 is 8.78 Å². The third-order valence-electron chi connectivity index (χ3n) is 4.45. The lowest BCUT2D eigenvalue weighted by atomic mass is 9.89. The minimum absolute atomic E-state index is 0.346. The fourth-order valence-corrected chi connectivity index (χ4v) is 3.31. The Labute approximate surface area is 129 Å². The third kappa shape index (κ3) is 3.18. The lowest BCUT2D eigenvalue weighted by molar-refractivity contribution is 0.311. The van der Waals surface area contributed by atoms with Gasteiger partial charge in [-0.2, -0.15) is 0 Å². The van der Waals surface area contributed by atoms with Crippen molar-refractivity contribution in [2.24, 2.45) is 11.7 Å². The molecule has 0 spiro atoms. The first-order valence-corrected chi connectivity index (χ1v) is 7.58. The number of nitrogens with two attached hydrogens (primary N) is 1. The van der Waals surface area contributed by atoms with Gasteiger partial charge in [0.15, 0.2) is 0 Å². The summed E-state index contributed by atoms with van der Waals surface area (Å²) >= 11 is 0. The summed E-state index contributed by atoms with van der Waals surface area (Å²) < 4.78 is 27.1. The Balaban J connectivity index is 1.76. The molecule has 1 aliphatic heterocycles. The number of benzene rings is 2. The minimum atomic E-state index is -0.398. The molecule has 0 unspecified atom stereocenters. The van der Waals surface area contributed by atoms with E-state index in [2.05, 4.69) is 17.0 Å². The summed E-state index contributed by atoms with van der Waals surface area (Å²) in [6, 6.07) is 13.9. The van der Waals surface area contributed by atoms with Crippen LogP contribution in [0.3, 0.4) is 0 Å². The van der Waals surface area contributed by atoms with Crippen molar-refractivity contribution in [1.29, 1.82) is 0 Å². The maximum absolute atomic E-state index is 13.8. The molecule has 1 saturated heterocycles. The van der Waals surface area contributed by atoms with Crippen molar-refractivity contribution in [3.63, 3.8) is 0 Å². The van der Waals surface area contributed by atoms with E-state index in [4.69, 9.17) is 5.73 Å². The summed E-state index contributed by atoms with van der Waals surface area (Å²) in [5.41, 5.74) is 7.58. The van der Waals surface area contributed by atoms with Crippen LogP contribution in [0.25, 0.3) is 0 Å². The van der Waals surface area contributed by atoms with Gasteiger partial charge in [-0.15, -0.1) is 0 Å². The van der Waals surface area contributed by atoms with Gasteiger partial charge in [-0.05, 0) is 36.2 Å². The van der Waals surface area contributed by atoms with Crippen molar-refractivity contribution in [1.82, 2.24) is 4.90 Å². The van der Waals surface area contributed by atoms with Crippen LogP contribution in [-0.4, -0.2) is 24.5 Å². The number of hydrogen-bond acceptors (Lipinski definition) is 2. The van der Waals surface area contributed by atoms with Gasteiger partial charge in [0, 0.05) is 31.1 Å². The number of nitrogens with zero attached hydrogens (tertiary/aromatic N) is 1. The van der Waals surface area contributed by atoms with Gasteiger partial charge >= 0.3 is 0 Å². The molecule has 0 saturated carbocycles. The zero-order chi connectivity index (χ0) is 15.5. The molecule has 2 nitrogen and oxygen atoms in total. The lowest BCUT2D eigenvalue weighted by Gasteiger charge is -2.17. The smallest absolute Gasteiger partial charge is 0.127 e. The molecule has 2 N–H and O–H groups in total. The monoisotopic (exact) mass is 302 g/mol. The number of rotatable bonds is 4. The van der Waals surface area contributed by atoms with E-state index in [0.29, 0.717) is 30.5 Å². The van der Waals surface area contributed by atoms with Crippen LogP contribution in [0.2, 0.25) is 0 Å². The normalized spacial score (nSPS) is 22.1. The van der Waals surface area contributed by atoms with E-state index in [9.17, 15) is 8.78 Å². The molecule has 2 aromatic carbocycles. The highest BCUT2D eigenvalue weighted by atomic mass is 19.1. The van der Waals surface area contributed by atoms with Crippen molar-refractivity contribution in [2.75, 3.05) is 19.6 Å². The fraction of sp³-hybridized carbons (Fsp3) is 0.333. The highest BCUT2D eigenvalue weighted by molar-refractivity contribution is 5.24. The standard InChI is InChI=1S/C18H20F2N2/c19-16-6-7-18(20)14(8-16)10-22-11-15(9-21)17(12-22)13-4-2-1-3-5-13/h1-8,15,17H,9-12,21H2/t15-,17+/m1/s1. The summed E-state index contributed by atoms with van der Waals surface area (Å²) in [6.45, 7) is 2.65. The molecule has 1 fully saturated rings. The molecule has 2 atom stereocenters. The van der Waals surface area contributed by atoms with Crippen molar-refractivity contribution in [3.8, 4) is 0 Å². The maximum atomic E-state index is 13.8. The first kappa shape index (κ1) is 15.1. The van der Waals surface area contributed by atoms with Crippen LogP contribution in [0.4, 0.5) is 8.78 Å². The first-order valence-electron chi connectivity index (χ1n) is 7.58. The topological polar surface area (TPSA) is 29.3 Å². The number of halogens is 2. The Kier molecular flexibility index (Phi) is 4.50. The largest absolute Gasteiger partial charge is 0.330 e. The van der Waals surface area contributed by atoms with E-state index in [1.54, 1.807) is 0 Å². The summed E-state index contributed by atoms with van der Waals surface area (Å²) in [6.07, 6.45) is 0. The second-order valence-electron chi connectivity index (χ2n) is 5.94. The van der Waals surface area contributed by atoms with Crippen molar-refractivity contribution in [2.45, 2.75) is 12.5 Å². The number of hydrogen-bond donors (Lipinski definition) is 1. The van der Waals surface area contributed by atoms with E-state index in [-0.39, 0.29) is 5.82 Å². The van der Waals surface area contributed by atoms with Gasteiger partial charge in [-0.3, -0.25) is 4.90 Å². The van der Waals surface area contributed by atoms with E-state index in [1.165, 1.54) is 17.7 Å². The van der Waals surface area contributed by atoms with Crippen LogP contribution in [0.5, 0.6) is 0 Å². The van der Waals surface area contributed by atoms with E-state index >= 15 is 0 Å². The molecule has 3 rings (SSSR count). The van der Waals surface area contributed by atoms with Crippen LogP contribution in [0.1, 0.15) is 17.0 Å². The summed E-state index contributed by atoms with van der Waals surface area (Å²) in [4.78, 5) is 2.16. The Bertz CT molecular complexity index is 630. The number of likely N-dealkylation sites (tertiary alicyclic amines) is 1. The summed E-state index contributed by atoms with van der Waals surface area (Å²) in [7, 11) is 0. The van der Waals surface area contributed by atoms with Crippen LogP contribution in [0.15, 0.2) is 48.5 Å². The van der Waals surface area contributed by atoms with E-state index in [1.807, 2.05) is 18.2 Å². The zero-order valence-corrected chi connectivity index (χ0v) is 12.4. The molecule has 0 radical (unpaired) electrons. The molecule has 0 bridgehead atoms. The molecule has 2 aromatic rings. The molecule has 1 heterocycles. The summed E-state index contributed by atoms with van der Waals surface area (Å²) in [5.74, 6) is -0.0544. The fourth-order valence-electron chi connectivity index (χ4n) is 3.31. The molecule has 4 heteroatoms. The predicted octanol–water partition coefficient (Wildman–Crippen LogP) is 3.14. The highest BCUT2D eigenvalue weighted by Gasteiger charge is 2.32. The molecule has 0 aromatic heterocycles. The van der Waals surface area contributed by atoms with Gasteiger partial charge in [0.05, 0.1) is 0 Å². The quantitative estimate of drug-likeness (QED) is 0.940. The lowest BCUT2D eigenvalue weighted by Crippen LogP contribution is -2.23. The molecule has 1 aliphatic rings. The van der Waals surface area contributed by atoms with Gasteiger partial charge in [-0.25, -0.2) is 8.78 Å².